The van der Waals surface area contributed by atoms with E-state index in [-0.39, 0.29) is 5.41 Å². The lowest BCUT2D eigenvalue weighted by atomic mass is 9.92. The second-order valence-electron chi connectivity index (χ2n) is 5.93. The lowest BCUT2D eigenvalue weighted by molar-refractivity contribution is 0.313. The summed E-state index contributed by atoms with van der Waals surface area (Å²) in [6, 6.07) is 0. The Balaban J connectivity index is 2.26. The van der Waals surface area contributed by atoms with Crippen LogP contribution >= 0.6 is 11.3 Å². The summed E-state index contributed by atoms with van der Waals surface area (Å²) in [6.45, 7) is 13.4. The highest BCUT2D eigenvalue weighted by atomic mass is 32.1. The Bertz CT molecular complexity index is 384. The third-order valence-corrected chi connectivity index (χ3v) is 4.25. The molecule has 17 heavy (non-hydrogen) atoms. The maximum atomic E-state index is 4.74. The third-order valence-electron chi connectivity index (χ3n) is 3.22. The quantitative estimate of drug-likeness (QED) is 0.766. The number of aryl methyl sites for hydroxylation is 1. The van der Waals surface area contributed by atoms with Crippen molar-refractivity contribution in [1.29, 1.82) is 0 Å². The van der Waals surface area contributed by atoms with Crippen LogP contribution in [0.4, 0.5) is 5.00 Å². The van der Waals surface area contributed by atoms with Crippen LogP contribution in [-0.4, -0.2) is 43.1 Å². The van der Waals surface area contributed by atoms with Gasteiger partial charge in [-0.3, -0.25) is 0 Å². The maximum Gasteiger partial charge on any atom is 0.115 e. The summed E-state index contributed by atoms with van der Waals surface area (Å²) in [5.74, 6) is 0. The minimum atomic E-state index is 0.142. The van der Waals surface area contributed by atoms with Crippen molar-refractivity contribution in [3.8, 4) is 0 Å². The molecular formula is C13H23N3S. The van der Waals surface area contributed by atoms with Gasteiger partial charge in [0.15, 0.2) is 0 Å². The van der Waals surface area contributed by atoms with E-state index in [4.69, 9.17) is 4.98 Å². The topological polar surface area (TPSA) is 19.4 Å². The Labute approximate surface area is 108 Å². The largest absolute Gasteiger partial charge is 0.359 e. The SMILES string of the molecule is Cc1nc(C(C)(C)C)c(N2CCN(C)CC2)s1. The molecule has 1 aliphatic rings. The summed E-state index contributed by atoms with van der Waals surface area (Å²) in [6.07, 6.45) is 0. The fourth-order valence-corrected chi connectivity index (χ4v) is 3.31. The lowest BCUT2D eigenvalue weighted by Crippen LogP contribution is -2.44. The number of thiazole rings is 1. The predicted octanol–water partition coefficient (Wildman–Crippen LogP) is 2.50. The summed E-state index contributed by atoms with van der Waals surface area (Å²) >= 11 is 1.85. The molecule has 1 saturated heterocycles. The van der Waals surface area contributed by atoms with Gasteiger partial charge in [0.05, 0.1) is 10.7 Å². The van der Waals surface area contributed by atoms with E-state index in [1.54, 1.807) is 0 Å². The first-order valence-electron chi connectivity index (χ1n) is 6.29. The first-order valence-corrected chi connectivity index (χ1v) is 7.11. The smallest absolute Gasteiger partial charge is 0.115 e. The fraction of sp³-hybridized carbons (Fsp3) is 0.769. The Morgan fingerprint density at radius 2 is 1.71 bits per heavy atom. The summed E-state index contributed by atoms with van der Waals surface area (Å²) in [4.78, 5) is 9.63. The predicted molar refractivity (Wildman–Crippen MR) is 75.3 cm³/mol. The first-order chi connectivity index (χ1) is 7.88. The van der Waals surface area contributed by atoms with Crippen molar-refractivity contribution in [3.05, 3.63) is 10.7 Å². The Hall–Kier alpha value is -0.610. The lowest BCUT2D eigenvalue weighted by Gasteiger charge is -2.34. The van der Waals surface area contributed by atoms with E-state index in [1.807, 2.05) is 11.3 Å². The minimum Gasteiger partial charge on any atom is -0.359 e. The molecule has 2 heterocycles. The van der Waals surface area contributed by atoms with Crippen molar-refractivity contribution < 1.29 is 0 Å². The number of rotatable bonds is 1. The number of piperazine rings is 1. The highest BCUT2D eigenvalue weighted by Gasteiger charge is 2.27. The van der Waals surface area contributed by atoms with Crippen LogP contribution in [-0.2, 0) is 5.41 Å². The second-order valence-corrected chi connectivity index (χ2v) is 7.11. The van der Waals surface area contributed by atoms with Crippen LogP contribution in [0.25, 0.3) is 0 Å². The van der Waals surface area contributed by atoms with E-state index in [0.717, 1.165) is 26.2 Å². The molecule has 96 valence electrons. The van der Waals surface area contributed by atoms with Gasteiger partial charge in [-0.05, 0) is 14.0 Å². The van der Waals surface area contributed by atoms with Crippen LogP contribution < -0.4 is 4.90 Å². The fourth-order valence-electron chi connectivity index (χ4n) is 2.13. The van der Waals surface area contributed by atoms with E-state index in [2.05, 4.69) is 44.5 Å². The van der Waals surface area contributed by atoms with E-state index < -0.39 is 0 Å². The summed E-state index contributed by atoms with van der Waals surface area (Å²) in [7, 11) is 2.19. The van der Waals surface area contributed by atoms with E-state index >= 15 is 0 Å². The Morgan fingerprint density at radius 1 is 1.12 bits per heavy atom. The van der Waals surface area contributed by atoms with Crippen LogP contribution in [0.15, 0.2) is 0 Å². The summed E-state index contributed by atoms with van der Waals surface area (Å²) in [5, 5.41) is 2.58. The molecule has 2 rings (SSSR count). The number of hydrogen-bond acceptors (Lipinski definition) is 4. The van der Waals surface area contributed by atoms with Crippen LogP contribution in [0.2, 0.25) is 0 Å². The zero-order chi connectivity index (χ0) is 12.6. The highest BCUT2D eigenvalue weighted by Crippen LogP contribution is 2.36. The Kier molecular flexibility index (Phi) is 3.46. The van der Waals surface area contributed by atoms with Gasteiger partial charge in [-0.15, -0.1) is 11.3 Å². The van der Waals surface area contributed by atoms with Gasteiger partial charge in [0.1, 0.15) is 5.00 Å². The normalized spacial score (nSPS) is 18.8. The van der Waals surface area contributed by atoms with Crippen molar-refractivity contribution >= 4 is 16.3 Å². The van der Waals surface area contributed by atoms with Gasteiger partial charge in [-0.25, -0.2) is 4.98 Å². The minimum absolute atomic E-state index is 0.142. The van der Waals surface area contributed by atoms with E-state index in [0.29, 0.717) is 0 Å². The molecule has 0 aromatic carbocycles. The third kappa shape index (κ3) is 2.80. The molecule has 4 heteroatoms. The molecule has 1 aliphatic heterocycles. The number of anilines is 1. The average molecular weight is 253 g/mol. The summed E-state index contributed by atoms with van der Waals surface area (Å²) in [5.41, 5.74) is 1.41. The van der Waals surface area contributed by atoms with Crippen LogP contribution in [0.5, 0.6) is 0 Å². The van der Waals surface area contributed by atoms with E-state index in [1.165, 1.54) is 15.7 Å². The zero-order valence-corrected chi connectivity index (χ0v) is 12.4. The average Bonchev–Trinajstić information content (AvgIpc) is 2.61. The van der Waals surface area contributed by atoms with Crippen molar-refractivity contribution in [3.63, 3.8) is 0 Å². The van der Waals surface area contributed by atoms with Crippen molar-refractivity contribution in [2.75, 3.05) is 38.1 Å². The highest BCUT2D eigenvalue weighted by molar-refractivity contribution is 7.15. The molecule has 0 amide bonds. The molecule has 1 fully saturated rings. The molecular weight excluding hydrogens is 230 g/mol. The molecule has 0 bridgehead atoms. The first kappa shape index (κ1) is 12.8. The number of nitrogens with zero attached hydrogens (tertiary/aromatic N) is 3. The molecule has 0 unspecified atom stereocenters. The summed E-state index contributed by atoms with van der Waals surface area (Å²) < 4.78 is 0. The van der Waals surface area contributed by atoms with Gasteiger partial charge in [-0.2, -0.15) is 0 Å². The van der Waals surface area contributed by atoms with Crippen LogP contribution in [0, 0.1) is 6.92 Å². The molecule has 0 aliphatic carbocycles. The molecule has 1 aromatic heterocycles. The van der Waals surface area contributed by atoms with Crippen molar-refractivity contribution in [1.82, 2.24) is 9.88 Å². The number of aromatic nitrogens is 1. The molecule has 0 atom stereocenters. The molecule has 0 spiro atoms. The van der Waals surface area contributed by atoms with Gasteiger partial charge in [-0.1, -0.05) is 20.8 Å². The Morgan fingerprint density at radius 3 is 2.24 bits per heavy atom. The van der Waals surface area contributed by atoms with E-state index in [9.17, 15) is 0 Å². The van der Waals surface area contributed by atoms with Gasteiger partial charge in [0, 0.05) is 31.6 Å². The standard InChI is InChI=1S/C13H23N3S/c1-10-14-11(13(2,3)4)12(17-10)16-8-6-15(5)7-9-16/h6-9H2,1-5H3. The van der Waals surface area contributed by atoms with Gasteiger partial charge >= 0.3 is 0 Å². The number of likely N-dealkylation sites (N-methyl/N-ethyl adjacent to an activating group) is 1. The molecule has 3 nitrogen and oxygen atoms in total. The zero-order valence-electron chi connectivity index (χ0n) is 11.6. The monoisotopic (exact) mass is 253 g/mol. The molecule has 0 radical (unpaired) electrons. The van der Waals surface area contributed by atoms with Gasteiger partial charge in [0.25, 0.3) is 0 Å². The van der Waals surface area contributed by atoms with Crippen LogP contribution in [0.3, 0.4) is 0 Å². The van der Waals surface area contributed by atoms with Crippen molar-refractivity contribution in [2.45, 2.75) is 33.1 Å². The van der Waals surface area contributed by atoms with Crippen molar-refractivity contribution in [2.24, 2.45) is 0 Å². The molecule has 0 saturated carbocycles. The molecule has 0 N–H and O–H groups in total. The molecule has 1 aromatic rings. The maximum absolute atomic E-state index is 4.74. The van der Waals surface area contributed by atoms with Gasteiger partial charge in [0.2, 0.25) is 0 Å². The second kappa shape index (κ2) is 4.58. The van der Waals surface area contributed by atoms with Gasteiger partial charge < -0.3 is 9.80 Å². The van der Waals surface area contributed by atoms with Crippen LogP contribution in [0.1, 0.15) is 31.5 Å². The number of hydrogen-bond donors (Lipinski definition) is 0.